The van der Waals surface area contributed by atoms with E-state index in [4.69, 9.17) is 13.9 Å². The fourth-order valence-corrected chi connectivity index (χ4v) is 4.93. The van der Waals surface area contributed by atoms with Crippen LogP contribution < -0.4 is 10.1 Å². The minimum Gasteiger partial charge on any atom is -0.497 e. The van der Waals surface area contributed by atoms with Gasteiger partial charge in [-0.05, 0) is 49.2 Å². The number of ether oxygens (including phenoxy) is 2. The molecular formula is C23H26N2O4S. The molecule has 1 aliphatic rings. The second kappa shape index (κ2) is 9.04. The number of amides is 1. The molecule has 1 atom stereocenters. The second-order valence-electron chi connectivity index (χ2n) is 7.28. The Morgan fingerprint density at radius 2 is 2.00 bits per heavy atom. The predicted molar refractivity (Wildman–Crippen MR) is 118 cm³/mol. The van der Waals surface area contributed by atoms with Gasteiger partial charge in [-0.2, -0.15) is 0 Å². The lowest BCUT2D eigenvalue weighted by atomic mass is 9.94. The summed E-state index contributed by atoms with van der Waals surface area (Å²) in [5, 5.41) is 3.94. The van der Waals surface area contributed by atoms with Gasteiger partial charge in [0.05, 0.1) is 32.6 Å². The standard InChI is InChI=1S/C23H26N2O4S/c1-15-16(2)30-23(24-22(26)19-8-5-11-29-19)20(15)21(25-9-12-28-13-10-25)17-6-4-7-18(14-17)27-3/h4-8,11,14,21H,9-10,12-13H2,1-3H3,(H,24,26)/t21-/m0/s1. The van der Waals surface area contributed by atoms with Crippen LogP contribution >= 0.6 is 11.3 Å². The summed E-state index contributed by atoms with van der Waals surface area (Å²) in [5.41, 5.74) is 3.44. The Hall–Kier alpha value is -2.61. The molecule has 4 rings (SSSR count). The molecule has 1 saturated heterocycles. The first-order valence-corrected chi connectivity index (χ1v) is 10.8. The van der Waals surface area contributed by atoms with Gasteiger partial charge in [0.2, 0.25) is 0 Å². The monoisotopic (exact) mass is 426 g/mol. The van der Waals surface area contributed by atoms with Crippen molar-refractivity contribution in [1.29, 1.82) is 0 Å². The van der Waals surface area contributed by atoms with Crippen molar-refractivity contribution in [2.45, 2.75) is 19.9 Å². The van der Waals surface area contributed by atoms with Gasteiger partial charge in [0.25, 0.3) is 5.91 Å². The van der Waals surface area contributed by atoms with Crippen LogP contribution in [0.3, 0.4) is 0 Å². The number of aryl methyl sites for hydroxylation is 1. The van der Waals surface area contributed by atoms with Crippen molar-refractivity contribution in [1.82, 2.24) is 4.90 Å². The molecule has 7 heteroatoms. The van der Waals surface area contributed by atoms with Crippen molar-refractivity contribution in [3.05, 3.63) is 70.0 Å². The van der Waals surface area contributed by atoms with E-state index in [1.165, 1.54) is 16.7 Å². The van der Waals surface area contributed by atoms with E-state index in [2.05, 4.69) is 36.2 Å². The van der Waals surface area contributed by atoms with Crippen molar-refractivity contribution >= 4 is 22.2 Å². The number of methoxy groups -OCH3 is 1. The summed E-state index contributed by atoms with van der Waals surface area (Å²) in [6.45, 7) is 7.24. The minimum absolute atomic E-state index is 0.0131. The van der Waals surface area contributed by atoms with Crippen LogP contribution in [0.4, 0.5) is 5.00 Å². The lowest BCUT2D eigenvalue weighted by Crippen LogP contribution is -2.40. The molecule has 1 amide bonds. The Morgan fingerprint density at radius 1 is 1.20 bits per heavy atom. The smallest absolute Gasteiger partial charge is 0.291 e. The molecule has 0 unspecified atom stereocenters. The highest BCUT2D eigenvalue weighted by molar-refractivity contribution is 7.16. The number of anilines is 1. The maximum atomic E-state index is 12.7. The van der Waals surface area contributed by atoms with Crippen molar-refractivity contribution in [2.75, 3.05) is 38.7 Å². The third-order valence-electron chi connectivity index (χ3n) is 5.50. The third kappa shape index (κ3) is 4.14. The number of carbonyl (C=O) groups is 1. The second-order valence-corrected chi connectivity index (χ2v) is 8.51. The molecule has 2 aromatic heterocycles. The summed E-state index contributed by atoms with van der Waals surface area (Å²) in [6.07, 6.45) is 1.51. The van der Waals surface area contributed by atoms with E-state index in [1.54, 1.807) is 30.6 Å². The molecule has 0 bridgehead atoms. The first kappa shape index (κ1) is 20.7. The number of carbonyl (C=O) groups excluding carboxylic acids is 1. The van der Waals surface area contributed by atoms with E-state index in [9.17, 15) is 4.79 Å². The lowest BCUT2D eigenvalue weighted by Gasteiger charge is -2.35. The number of nitrogens with one attached hydrogen (secondary N) is 1. The van der Waals surface area contributed by atoms with E-state index < -0.39 is 0 Å². The number of hydrogen-bond acceptors (Lipinski definition) is 6. The van der Waals surface area contributed by atoms with Crippen LogP contribution in [0.25, 0.3) is 0 Å². The Labute approximate surface area is 180 Å². The average molecular weight is 427 g/mol. The zero-order chi connectivity index (χ0) is 21.1. The molecule has 0 radical (unpaired) electrons. The molecule has 30 heavy (non-hydrogen) atoms. The molecule has 1 aromatic carbocycles. The number of nitrogens with zero attached hydrogens (tertiary/aromatic N) is 1. The van der Waals surface area contributed by atoms with Crippen LogP contribution in [-0.2, 0) is 4.74 Å². The number of morpholine rings is 1. The van der Waals surface area contributed by atoms with Gasteiger partial charge in [0, 0.05) is 23.5 Å². The number of rotatable bonds is 6. The quantitative estimate of drug-likeness (QED) is 0.622. The largest absolute Gasteiger partial charge is 0.497 e. The molecule has 0 saturated carbocycles. The van der Waals surface area contributed by atoms with Crippen molar-refractivity contribution in [3.8, 4) is 5.75 Å². The molecule has 0 aliphatic carbocycles. The van der Waals surface area contributed by atoms with Crippen LogP contribution in [0, 0.1) is 13.8 Å². The van der Waals surface area contributed by atoms with Gasteiger partial charge in [0.15, 0.2) is 5.76 Å². The van der Waals surface area contributed by atoms with Gasteiger partial charge in [-0.15, -0.1) is 11.3 Å². The Morgan fingerprint density at radius 3 is 2.70 bits per heavy atom. The Balaban J connectivity index is 1.78. The Kier molecular flexibility index (Phi) is 6.22. The summed E-state index contributed by atoms with van der Waals surface area (Å²) in [4.78, 5) is 16.3. The molecule has 0 spiro atoms. The summed E-state index contributed by atoms with van der Waals surface area (Å²) in [6, 6.07) is 11.5. The SMILES string of the molecule is COc1cccc([C@@H](c2c(NC(=O)c3ccco3)sc(C)c2C)N2CCOCC2)c1. The van der Waals surface area contributed by atoms with Gasteiger partial charge in [-0.1, -0.05) is 12.1 Å². The van der Waals surface area contributed by atoms with Crippen LogP contribution in [0.15, 0.2) is 47.1 Å². The van der Waals surface area contributed by atoms with E-state index in [1.807, 2.05) is 12.1 Å². The molecule has 1 aliphatic heterocycles. The number of benzene rings is 1. The molecule has 1 fully saturated rings. The number of furan rings is 1. The summed E-state index contributed by atoms with van der Waals surface area (Å²) < 4.78 is 16.4. The average Bonchev–Trinajstić information content (AvgIpc) is 3.40. The summed E-state index contributed by atoms with van der Waals surface area (Å²) in [5.74, 6) is 0.874. The highest BCUT2D eigenvalue weighted by Gasteiger charge is 2.31. The van der Waals surface area contributed by atoms with Crippen molar-refractivity contribution in [2.24, 2.45) is 0 Å². The fourth-order valence-electron chi connectivity index (χ4n) is 3.85. The van der Waals surface area contributed by atoms with Gasteiger partial charge in [-0.25, -0.2) is 0 Å². The normalized spacial score (nSPS) is 15.7. The van der Waals surface area contributed by atoms with Gasteiger partial charge >= 0.3 is 0 Å². The fraction of sp³-hybridized carbons (Fsp3) is 0.348. The molecule has 6 nitrogen and oxygen atoms in total. The van der Waals surface area contributed by atoms with Gasteiger partial charge in [-0.3, -0.25) is 9.69 Å². The zero-order valence-electron chi connectivity index (χ0n) is 17.4. The molecule has 3 heterocycles. The van der Waals surface area contributed by atoms with E-state index >= 15 is 0 Å². The summed E-state index contributed by atoms with van der Waals surface area (Å²) >= 11 is 1.60. The van der Waals surface area contributed by atoms with Gasteiger partial charge < -0.3 is 19.2 Å². The highest BCUT2D eigenvalue weighted by Crippen LogP contribution is 2.43. The van der Waals surface area contributed by atoms with Crippen molar-refractivity contribution < 1.29 is 18.7 Å². The van der Waals surface area contributed by atoms with Crippen molar-refractivity contribution in [3.63, 3.8) is 0 Å². The first-order chi connectivity index (χ1) is 14.6. The van der Waals surface area contributed by atoms with E-state index in [0.29, 0.717) is 19.0 Å². The topological polar surface area (TPSA) is 63.9 Å². The Bertz CT molecular complexity index is 1010. The predicted octanol–water partition coefficient (Wildman–Crippen LogP) is 4.64. The van der Waals surface area contributed by atoms with Gasteiger partial charge in [0.1, 0.15) is 10.8 Å². The molecule has 3 aromatic rings. The van der Waals surface area contributed by atoms with Crippen LogP contribution in [0.1, 0.15) is 38.2 Å². The lowest BCUT2D eigenvalue weighted by molar-refractivity contribution is 0.0240. The molecular weight excluding hydrogens is 400 g/mol. The summed E-state index contributed by atoms with van der Waals surface area (Å²) in [7, 11) is 1.68. The van der Waals surface area contributed by atoms with Crippen LogP contribution in [-0.4, -0.2) is 44.2 Å². The minimum atomic E-state index is -0.242. The molecule has 1 N–H and O–H groups in total. The van der Waals surface area contributed by atoms with E-state index in [-0.39, 0.29) is 11.9 Å². The maximum absolute atomic E-state index is 12.7. The number of thiophene rings is 1. The number of hydrogen-bond donors (Lipinski definition) is 1. The highest BCUT2D eigenvalue weighted by atomic mass is 32.1. The maximum Gasteiger partial charge on any atom is 0.291 e. The van der Waals surface area contributed by atoms with Crippen LogP contribution in [0.5, 0.6) is 5.75 Å². The zero-order valence-corrected chi connectivity index (χ0v) is 18.3. The van der Waals surface area contributed by atoms with E-state index in [0.717, 1.165) is 35.0 Å². The third-order valence-corrected chi connectivity index (χ3v) is 6.64. The first-order valence-electron chi connectivity index (χ1n) is 9.99. The molecule has 158 valence electrons. The van der Waals surface area contributed by atoms with Crippen LogP contribution in [0.2, 0.25) is 0 Å².